The third-order valence-corrected chi connectivity index (χ3v) is 10.3. The van der Waals surface area contributed by atoms with Crippen LogP contribution in [0.2, 0.25) is 18.6 Å². The normalized spacial score (nSPS) is 28.0. The number of aliphatic hydroxyl groups is 1. The third kappa shape index (κ3) is 4.30. The van der Waals surface area contributed by atoms with Crippen LogP contribution in [0.5, 0.6) is 0 Å². The first-order chi connectivity index (χ1) is 16.6. The molecule has 0 saturated carbocycles. The zero-order valence-corrected chi connectivity index (χ0v) is 22.0. The van der Waals surface area contributed by atoms with Gasteiger partial charge in [0.2, 0.25) is 5.91 Å². The van der Waals surface area contributed by atoms with Crippen LogP contribution in [0.25, 0.3) is 0 Å². The van der Waals surface area contributed by atoms with E-state index in [1.165, 1.54) is 7.11 Å². The Morgan fingerprint density at radius 3 is 2.60 bits per heavy atom. The second-order valence-electron chi connectivity index (χ2n) is 10.4. The van der Waals surface area contributed by atoms with Crippen molar-refractivity contribution in [3.8, 4) is 0 Å². The van der Waals surface area contributed by atoms with Gasteiger partial charge >= 0.3 is 5.97 Å². The molecule has 1 aromatic rings. The molecule has 1 aromatic carbocycles. The minimum Gasteiger partial charge on any atom is -0.469 e. The van der Waals surface area contributed by atoms with Crippen LogP contribution in [-0.2, 0) is 29.5 Å². The maximum absolute atomic E-state index is 14.1. The van der Waals surface area contributed by atoms with Crippen molar-refractivity contribution in [3.63, 3.8) is 0 Å². The predicted molar refractivity (Wildman–Crippen MR) is 133 cm³/mol. The number of aliphatic hydroxyl groups excluding tert-OH is 1. The first-order valence-corrected chi connectivity index (χ1v) is 15.4. The Bertz CT molecular complexity index is 1010. The van der Waals surface area contributed by atoms with E-state index in [2.05, 4.69) is 0 Å². The molecule has 2 amide bonds. The number of carbonyl (C=O) groups excluding carboxylic acids is 3. The number of carbonyl (C=O) groups is 3. The molecule has 192 valence electrons. The fourth-order valence-corrected chi connectivity index (χ4v) is 8.68. The first kappa shape index (κ1) is 25.8. The number of anilines is 2. The molecule has 2 fully saturated rings. The lowest BCUT2D eigenvalue weighted by Gasteiger charge is -2.33. The number of fused-ring (bicyclic) bond motifs is 2. The molecule has 2 saturated heterocycles. The number of benzene rings is 1. The topological polar surface area (TPSA) is 117 Å². The van der Waals surface area contributed by atoms with E-state index in [4.69, 9.17) is 9.47 Å². The van der Waals surface area contributed by atoms with Crippen molar-refractivity contribution in [3.05, 3.63) is 23.8 Å². The van der Waals surface area contributed by atoms with E-state index < -0.39 is 20.0 Å². The van der Waals surface area contributed by atoms with Gasteiger partial charge in [0.25, 0.3) is 5.91 Å². The van der Waals surface area contributed by atoms with Crippen molar-refractivity contribution in [1.29, 1.82) is 0 Å². The second kappa shape index (κ2) is 9.65. The molecule has 1 spiro atoms. The molecule has 4 rings (SSSR count). The SMILES string of the molecule is COC(=O)CCCCN1C(=O)[C@@]2(O[C@@H](CCO)[C@H]([Si](C)(C)O)[C@H]2C)c2cc(N3CCC3=O)ccc21. The Morgan fingerprint density at radius 2 is 2.03 bits per heavy atom. The zero-order valence-electron chi connectivity index (χ0n) is 21.0. The van der Waals surface area contributed by atoms with Gasteiger partial charge < -0.3 is 29.2 Å². The Morgan fingerprint density at radius 1 is 1.29 bits per heavy atom. The van der Waals surface area contributed by atoms with E-state index in [9.17, 15) is 24.3 Å². The van der Waals surface area contributed by atoms with Crippen LogP contribution in [-0.4, -0.2) is 68.9 Å². The monoisotopic (exact) mass is 504 g/mol. The number of esters is 1. The number of hydrogen-bond acceptors (Lipinski definition) is 7. The molecule has 3 aliphatic heterocycles. The summed E-state index contributed by atoms with van der Waals surface area (Å²) in [7, 11) is -1.41. The van der Waals surface area contributed by atoms with Gasteiger partial charge in [-0.3, -0.25) is 14.4 Å². The molecular formula is C25H36N2O7Si. The number of unbranched alkanes of at least 4 members (excludes halogenated alkanes) is 1. The number of β-lactam (4-membered cyclic amide) rings is 1. The average Bonchev–Trinajstić information content (AvgIpc) is 3.22. The highest BCUT2D eigenvalue weighted by Gasteiger charge is 2.66. The lowest BCUT2D eigenvalue weighted by Crippen LogP contribution is -2.46. The van der Waals surface area contributed by atoms with E-state index in [-0.39, 0.29) is 42.3 Å². The van der Waals surface area contributed by atoms with E-state index in [1.807, 2.05) is 38.2 Å². The van der Waals surface area contributed by atoms with Crippen LogP contribution >= 0.6 is 0 Å². The van der Waals surface area contributed by atoms with Crippen molar-refractivity contribution >= 4 is 37.5 Å². The minimum absolute atomic E-state index is 0.0447. The van der Waals surface area contributed by atoms with Crippen LogP contribution < -0.4 is 9.80 Å². The van der Waals surface area contributed by atoms with Crippen molar-refractivity contribution in [2.75, 3.05) is 36.6 Å². The molecule has 2 N–H and O–H groups in total. The molecule has 0 radical (unpaired) electrons. The second-order valence-corrected chi connectivity index (χ2v) is 14.3. The molecule has 10 heteroatoms. The number of rotatable bonds is 9. The van der Waals surface area contributed by atoms with Gasteiger partial charge in [-0.25, -0.2) is 0 Å². The van der Waals surface area contributed by atoms with Gasteiger partial charge in [-0.2, -0.15) is 0 Å². The lowest BCUT2D eigenvalue weighted by atomic mass is 9.82. The number of amides is 2. The first-order valence-electron chi connectivity index (χ1n) is 12.4. The molecule has 0 aliphatic carbocycles. The van der Waals surface area contributed by atoms with E-state index in [0.717, 1.165) is 11.4 Å². The molecular weight excluding hydrogens is 468 g/mol. The highest BCUT2D eigenvalue weighted by atomic mass is 28.4. The van der Waals surface area contributed by atoms with E-state index in [1.54, 1.807) is 9.80 Å². The average molecular weight is 505 g/mol. The van der Waals surface area contributed by atoms with Crippen LogP contribution in [0.1, 0.15) is 44.6 Å². The van der Waals surface area contributed by atoms with E-state index in [0.29, 0.717) is 44.3 Å². The van der Waals surface area contributed by atoms with Crippen molar-refractivity contribution in [2.24, 2.45) is 5.92 Å². The predicted octanol–water partition coefficient (Wildman–Crippen LogP) is 2.29. The van der Waals surface area contributed by atoms with Crippen molar-refractivity contribution in [2.45, 2.75) is 69.4 Å². The highest BCUT2D eigenvalue weighted by Crippen LogP contribution is 2.60. The number of methoxy groups -OCH3 is 1. The smallest absolute Gasteiger partial charge is 0.305 e. The molecule has 3 aliphatic rings. The molecule has 4 atom stereocenters. The molecule has 9 nitrogen and oxygen atoms in total. The largest absolute Gasteiger partial charge is 0.469 e. The molecule has 0 bridgehead atoms. The summed E-state index contributed by atoms with van der Waals surface area (Å²) in [5, 5.41) is 9.71. The Balaban J connectivity index is 1.73. The molecule has 35 heavy (non-hydrogen) atoms. The summed E-state index contributed by atoms with van der Waals surface area (Å²) in [5.74, 6) is -0.743. The van der Waals surface area contributed by atoms with Gasteiger partial charge in [0, 0.05) is 55.2 Å². The summed E-state index contributed by atoms with van der Waals surface area (Å²) in [4.78, 5) is 52.4. The van der Waals surface area contributed by atoms with Gasteiger partial charge in [0.1, 0.15) is 0 Å². The molecule has 0 aromatic heterocycles. The summed E-state index contributed by atoms with van der Waals surface area (Å²) in [6, 6.07) is 5.62. The fourth-order valence-electron chi connectivity index (χ4n) is 6.08. The van der Waals surface area contributed by atoms with Gasteiger partial charge in [0.15, 0.2) is 13.9 Å². The van der Waals surface area contributed by atoms with E-state index >= 15 is 0 Å². The summed E-state index contributed by atoms with van der Waals surface area (Å²) < 4.78 is 11.3. The summed E-state index contributed by atoms with van der Waals surface area (Å²) in [5.41, 5.74) is 0.638. The Labute approximate surface area is 207 Å². The summed E-state index contributed by atoms with van der Waals surface area (Å²) in [6.45, 7) is 6.60. The fraction of sp³-hybridized carbons (Fsp3) is 0.640. The summed E-state index contributed by atoms with van der Waals surface area (Å²) in [6.07, 6.45) is 1.87. The van der Waals surface area contributed by atoms with Crippen LogP contribution in [0.4, 0.5) is 11.4 Å². The van der Waals surface area contributed by atoms with Gasteiger partial charge in [-0.1, -0.05) is 6.92 Å². The van der Waals surface area contributed by atoms with Gasteiger partial charge in [0.05, 0.1) is 18.9 Å². The Hall–Kier alpha value is -2.27. The van der Waals surface area contributed by atoms with Crippen molar-refractivity contribution < 1.29 is 33.8 Å². The van der Waals surface area contributed by atoms with Crippen molar-refractivity contribution in [1.82, 2.24) is 0 Å². The maximum Gasteiger partial charge on any atom is 0.305 e. The number of hydrogen-bond donors (Lipinski definition) is 2. The van der Waals surface area contributed by atoms with Crippen LogP contribution in [0.15, 0.2) is 18.2 Å². The maximum atomic E-state index is 14.1. The van der Waals surface area contributed by atoms with Crippen LogP contribution in [0.3, 0.4) is 0 Å². The minimum atomic E-state index is -2.77. The van der Waals surface area contributed by atoms with Gasteiger partial charge in [-0.15, -0.1) is 0 Å². The van der Waals surface area contributed by atoms with Gasteiger partial charge in [-0.05, 0) is 50.6 Å². The summed E-state index contributed by atoms with van der Waals surface area (Å²) >= 11 is 0. The third-order valence-electron chi connectivity index (χ3n) is 7.78. The number of nitrogens with zero attached hydrogens (tertiary/aromatic N) is 2. The highest BCUT2D eigenvalue weighted by molar-refractivity contribution is 6.71. The number of ether oxygens (including phenoxy) is 2. The zero-order chi connectivity index (χ0) is 25.5. The quantitative estimate of drug-likeness (QED) is 0.229. The molecule has 3 heterocycles. The molecule has 0 unspecified atom stereocenters. The standard InChI is InChI=1S/C25H36N2O7Si/c1-16-23(35(3,4)32)20(11-14-28)34-25(16)18-15-17(26-13-10-21(26)29)8-9-19(18)27(24(25)31)12-6-5-7-22(30)33-2/h8-9,15-16,20,23,28,32H,5-7,10-14H2,1-4H3/t16-,20+,23-,25+/m1/s1. The lowest BCUT2D eigenvalue weighted by molar-refractivity contribution is -0.146. The Kier molecular flexibility index (Phi) is 7.11. The van der Waals surface area contributed by atoms with Crippen LogP contribution in [0, 0.1) is 5.92 Å².